The fourth-order valence-corrected chi connectivity index (χ4v) is 3.24. The Morgan fingerprint density at radius 2 is 2.07 bits per heavy atom. The van der Waals surface area contributed by atoms with Gasteiger partial charge in [-0.15, -0.1) is 0 Å². The Morgan fingerprint density at radius 1 is 1.33 bits per heavy atom. The summed E-state index contributed by atoms with van der Waals surface area (Å²) in [4.78, 5) is 28.6. The number of piperidine rings is 1. The number of carbonyl (C=O) groups excluding carboxylic acids is 2. The Balaban J connectivity index is 2.03. The quantitative estimate of drug-likeness (QED) is 0.647. The molecule has 1 fully saturated rings. The molecule has 1 heterocycles. The highest BCUT2D eigenvalue weighted by Crippen LogP contribution is 2.25. The molecule has 27 heavy (non-hydrogen) atoms. The van der Waals surface area contributed by atoms with Gasteiger partial charge in [-0.3, -0.25) is 9.59 Å². The van der Waals surface area contributed by atoms with Crippen LogP contribution in [0, 0.1) is 5.92 Å². The molecule has 6 nitrogen and oxygen atoms in total. The van der Waals surface area contributed by atoms with Crippen molar-refractivity contribution in [3.8, 4) is 5.75 Å². The molecule has 0 aromatic heterocycles. The summed E-state index contributed by atoms with van der Waals surface area (Å²) in [7, 11) is 3.35. The minimum Gasteiger partial charge on any atom is -0.434 e. The highest BCUT2D eigenvalue weighted by Gasteiger charge is 2.31. The maximum atomic E-state index is 12.8. The number of halogens is 2. The zero-order chi connectivity index (χ0) is 19.8. The first-order valence-electron chi connectivity index (χ1n) is 9.01. The van der Waals surface area contributed by atoms with Crippen molar-refractivity contribution in [2.45, 2.75) is 25.9 Å². The summed E-state index contributed by atoms with van der Waals surface area (Å²) < 4.78 is 34.6. The van der Waals surface area contributed by atoms with Gasteiger partial charge in [0, 0.05) is 40.4 Å². The number of alkyl halides is 2. The second-order valence-electron chi connectivity index (χ2n) is 6.57. The summed E-state index contributed by atoms with van der Waals surface area (Å²) in [6.45, 7) is -1.08. The lowest BCUT2D eigenvalue weighted by Crippen LogP contribution is -2.46. The topological polar surface area (TPSA) is 59.1 Å². The molecule has 1 saturated heterocycles. The molecule has 1 aliphatic heterocycles. The number of benzene rings is 1. The number of para-hydroxylation sites is 1. The number of nitrogens with zero attached hydrogens (tertiary/aromatic N) is 2. The fourth-order valence-electron chi connectivity index (χ4n) is 3.24. The van der Waals surface area contributed by atoms with E-state index >= 15 is 0 Å². The zero-order valence-corrected chi connectivity index (χ0v) is 15.7. The Labute approximate surface area is 158 Å². The molecule has 0 radical (unpaired) electrons. The summed E-state index contributed by atoms with van der Waals surface area (Å²) in [6, 6.07) is 5.94. The summed E-state index contributed by atoms with van der Waals surface area (Å²) in [5.74, 6) is -0.854. The third-order valence-corrected chi connectivity index (χ3v) is 4.61. The van der Waals surface area contributed by atoms with Crippen LogP contribution in [0.5, 0.6) is 5.75 Å². The van der Waals surface area contributed by atoms with Crippen LogP contribution in [0.3, 0.4) is 0 Å². The third-order valence-electron chi connectivity index (χ3n) is 4.61. The van der Waals surface area contributed by atoms with E-state index in [-0.39, 0.29) is 29.7 Å². The molecule has 8 heteroatoms. The van der Waals surface area contributed by atoms with Crippen LogP contribution in [0.4, 0.5) is 8.78 Å². The minimum atomic E-state index is -3.00. The van der Waals surface area contributed by atoms with E-state index in [9.17, 15) is 18.4 Å². The number of rotatable bonds is 8. The van der Waals surface area contributed by atoms with Crippen molar-refractivity contribution in [1.29, 1.82) is 0 Å². The number of ether oxygens (including phenoxy) is 2. The van der Waals surface area contributed by atoms with E-state index < -0.39 is 12.5 Å². The van der Waals surface area contributed by atoms with Gasteiger partial charge in [0.1, 0.15) is 5.75 Å². The fraction of sp³-hybridized carbons (Fsp3) is 0.579. The second kappa shape index (κ2) is 10.2. The zero-order valence-electron chi connectivity index (χ0n) is 15.7. The van der Waals surface area contributed by atoms with Gasteiger partial charge in [0.25, 0.3) is 5.91 Å². The number of amides is 2. The smallest absolute Gasteiger partial charge is 0.387 e. The van der Waals surface area contributed by atoms with E-state index in [0.717, 1.165) is 6.42 Å². The van der Waals surface area contributed by atoms with Gasteiger partial charge in [-0.1, -0.05) is 12.1 Å². The Bertz CT molecular complexity index is 642. The van der Waals surface area contributed by atoms with Crippen molar-refractivity contribution in [3.05, 3.63) is 29.8 Å². The summed E-state index contributed by atoms with van der Waals surface area (Å²) >= 11 is 0. The lowest BCUT2D eigenvalue weighted by Gasteiger charge is -2.34. The van der Waals surface area contributed by atoms with Gasteiger partial charge < -0.3 is 19.3 Å². The van der Waals surface area contributed by atoms with E-state index in [4.69, 9.17) is 4.74 Å². The number of carbonyl (C=O) groups is 2. The largest absolute Gasteiger partial charge is 0.434 e. The van der Waals surface area contributed by atoms with Crippen LogP contribution in [0.25, 0.3) is 0 Å². The molecule has 150 valence electrons. The maximum Gasteiger partial charge on any atom is 0.387 e. The first-order chi connectivity index (χ1) is 12.9. The van der Waals surface area contributed by atoms with Crippen LogP contribution in [0.15, 0.2) is 24.3 Å². The van der Waals surface area contributed by atoms with Gasteiger partial charge in [-0.05, 0) is 31.4 Å². The molecule has 1 atom stereocenters. The van der Waals surface area contributed by atoms with E-state index in [0.29, 0.717) is 32.5 Å². The molecule has 1 aromatic carbocycles. The molecule has 0 bridgehead atoms. The first-order valence-corrected chi connectivity index (χ1v) is 9.01. The van der Waals surface area contributed by atoms with Crippen LogP contribution in [-0.2, 0) is 9.53 Å². The van der Waals surface area contributed by atoms with Crippen LogP contribution in [-0.4, -0.2) is 68.6 Å². The van der Waals surface area contributed by atoms with Gasteiger partial charge >= 0.3 is 6.61 Å². The van der Waals surface area contributed by atoms with Crippen molar-refractivity contribution >= 4 is 11.8 Å². The van der Waals surface area contributed by atoms with E-state index in [1.54, 1.807) is 30.0 Å². The number of likely N-dealkylation sites (tertiary alicyclic amines) is 1. The number of methoxy groups -OCH3 is 1. The van der Waals surface area contributed by atoms with Crippen molar-refractivity contribution < 1.29 is 27.8 Å². The van der Waals surface area contributed by atoms with Gasteiger partial charge in [0.15, 0.2) is 0 Å². The van der Waals surface area contributed by atoms with Crippen LogP contribution >= 0.6 is 0 Å². The second-order valence-corrected chi connectivity index (χ2v) is 6.57. The standard InChI is InChI=1S/C19H26F2N2O4/c1-22(10-6-12-26-2)17(24)14-7-5-11-23(13-14)18(25)15-8-3-4-9-16(15)27-19(20)21/h3-4,8-9,14,19H,5-7,10-13H2,1-2H3. The lowest BCUT2D eigenvalue weighted by atomic mass is 9.95. The third kappa shape index (κ3) is 5.89. The number of hydrogen-bond acceptors (Lipinski definition) is 4. The monoisotopic (exact) mass is 384 g/mol. The highest BCUT2D eigenvalue weighted by molar-refractivity contribution is 5.97. The highest BCUT2D eigenvalue weighted by atomic mass is 19.3. The summed E-state index contributed by atoms with van der Waals surface area (Å²) in [5.41, 5.74) is 0.0827. The van der Waals surface area contributed by atoms with Crippen molar-refractivity contribution in [1.82, 2.24) is 9.80 Å². The number of hydrogen-bond donors (Lipinski definition) is 0. The van der Waals surface area contributed by atoms with Crippen LogP contribution in [0.1, 0.15) is 29.6 Å². The van der Waals surface area contributed by atoms with Crippen molar-refractivity contribution in [2.24, 2.45) is 5.92 Å². The molecule has 0 saturated carbocycles. The molecule has 1 unspecified atom stereocenters. The predicted molar refractivity (Wildman–Crippen MR) is 95.8 cm³/mol. The van der Waals surface area contributed by atoms with Crippen LogP contribution < -0.4 is 4.74 Å². The van der Waals surface area contributed by atoms with Gasteiger partial charge in [-0.25, -0.2) is 0 Å². The molecule has 0 spiro atoms. The maximum absolute atomic E-state index is 12.8. The molecule has 0 N–H and O–H groups in total. The molecule has 0 aliphatic carbocycles. The summed E-state index contributed by atoms with van der Waals surface area (Å²) in [6.07, 6.45) is 2.13. The molecule has 2 rings (SSSR count). The van der Waals surface area contributed by atoms with Crippen molar-refractivity contribution in [3.63, 3.8) is 0 Å². The first kappa shape index (κ1) is 21.1. The average Bonchev–Trinajstić information content (AvgIpc) is 2.67. The Kier molecular flexibility index (Phi) is 7.97. The molecule has 1 aliphatic rings. The predicted octanol–water partition coefficient (Wildman–Crippen LogP) is 2.64. The van der Waals surface area contributed by atoms with Crippen LogP contribution in [0.2, 0.25) is 0 Å². The Hall–Kier alpha value is -2.22. The minimum absolute atomic E-state index is 0.0132. The Morgan fingerprint density at radius 3 is 2.78 bits per heavy atom. The normalized spacial score (nSPS) is 17.1. The molecular formula is C19H26F2N2O4. The lowest BCUT2D eigenvalue weighted by molar-refractivity contribution is -0.135. The van der Waals surface area contributed by atoms with E-state index in [1.165, 1.54) is 18.2 Å². The summed E-state index contributed by atoms with van der Waals surface area (Å²) in [5, 5.41) is 0. The van der Waals surface area contributed by atoms with E-state index in [2.05, 4.69) is 4.74 Å². The molecule has 1 aromatic rings. The molecular weight excluding hydrogens is 358 g/mol. The average molecular weight is 384 g/mol. The van der Waals surface area contributed by atoms with E-state index in [1.807, 2.05) is 0 Å². The van der Waals surface area contributed by atoms with Gasteiger partial charge in [-0.2, -0.15) is 8.78 Å². The van der Waals surface area contributed by atoms with Crippen molar-refractivity contribution in [2.75, 3.05) is 40.4 Å². The van der Waals surface area contributed by atoms with Gasteiger partial charge in [0.05, 0.1) is 11.5 Å². The molecule has 2 amide bonds. The van der Waals surface area contributed by atoms with Gasteiger partial charge in [0.2, 0.25) is 5.91 Å². The SMILES string of the molecule is COCCCN(C)C(=O)C1CCCN(C(=O)c2ccccc2OC(F)F)C1.